The molecular weight excluding hydrogens is 524 g/mol. The molecule has 3 amide bonds. The van der Waals surface area contributed by atoms with Crippen LogP contribution in [-0.2, 0) is 16.1 Å². The molecule has 3 rings (SSSR count). The van der Waals surface area contributed by atoms with E-state index < -0.39 is 12.0 Å². The molecule has 2 aromatic carbocycles. The first-order chi connectivity index (χ1) is 19.8. The Hall–Kier alpha value is -4.38. The van der Waals surface area contributed by atoms with Crippen molar-refractivity contribution in [1.29, 1.82) is 0 Å². The number of nitrogens with one attached hydrogen (secondary N) is 2. The Morgan fingerprint density at radius 1 is 1.00 bits per heavy atom. The van der Waals surface area contributed by atoms with E-state index in [-0.39, 0.29) is 12.3 Å². The molecule has 0 saturated heterocycles. The number of carbonyl (C=O) groups is 3. The van der Waals surface area contributed by atoms with Gasteiger partial charge in [0.1, 0.15) is 5.75 Å². The second-order valence-corrected chi connectivity index (χ2v) is 9.67. The number of urea groups is 1. The number of imidazole rings is 1. The summed E-state index contributed by atoms with van der Waals surface area (Å²) >= 11 is 0. The average molecular weight is 565 g/mol. The molecule has 1 heterocycles. The van der Waals surface area contributed by atoms with Crippen LogP contribution in [0.1, 0.15) is 38.2 Å². The number of amides is 3. The van der Waals surface area contributed by atoms with Gasteiger partial charge in [0, 0.05) is 55.9 Å². The average Bonchev–Trinajstić information content (AvgIpc) is 3.48. The van der Waals surface area contributed by atoms with E-state index in [2.05, 4.69) is 20.5 Å². The fourth-order valence-corrected chi connectivity index (χ4v) is 4.47. The van der Waals surface area contributed by atoms with Gasteiger partial charge in [-0.1, -0.05) is 25.1 Å². The Morgan fingerprint density at radius 2 is 1.76 bits per heavy atom. The Labute approximate surface area is 241 Å². The molecule has 0 aliphatic carbocycles. The van der Waals surface area contributed by atoms with E-state index in [0.717, 1.165) is 25.1 Å². The second-order valence-electron chi connectivity index (χ2n) is 9.67. The highest BCUT2D eigenvalue weighted by Gasteiger charge is 2.18. The second kappa shape index (κ2) is 16.0. The molecule has 11 nitrogen and oxygen atoms in total. The third-order valence-corrected chi connectivity index (χ3v) is 6.69. The Balaban J connectivity index is 1.63. The van der Waals surface area contributed by atoms with Crippen molar-refractivity contribution in [2.45, 2.75) is 46.1 Å². The van der Waals surface area contributed by atoms with Crippen molar-refractivity contribution in [3.8, 4) is 5.75 Å². The van der Waals surface area contributed by atoms with Crippen molar-refractivity contribution in [2.75, 3.05) is 48.8 Å². The number of methoxy groups -OCH3 is 1. The zero-order valence-corrected chi connectivity index (χ0v) is 24.0. The number of aromatic nitrogens is 2. The van der Waals surface area contributed by atoms with Crippen molar-refractivity contribution in [3.63, 3.8) is 0 Å². The number of benzene rings is 2. The zero-order chi connectivity index (χ0) is 29.6. The lowest BCUT2D eigenvalue weighted by Gasteiger charge is -2.26. The largest absolute Gasteiger partial charge is 0.494 e. The smallest absolute Gasteiger partial charge is 0.323 e. The van der Waals surface area contributed by atoms with E-state index in [1.165, 1.54) is 7.11 Å². The van der Waals surface area contributed by atoms with Crippen LogP contribution in [0.4, 0.5) is 21.9 Å². The van der Waals surface area contributed by atoms with E-state index in [1.54, 1.807) is 35.6 Å². The topological polar surface area (TPSA) is 129 Å². The lowest BCUT2D eigenvalue weighted by molar-refractivity contribution is -0.137. The number of ether oxygens (including phenoxy) is 1. The van der Waals surface area contributed by atoms with Gasteiger partial charge in [0.05, 0.1) is 25.5 Å². The molecule has 0 atom stereocenters. The van der Waals surface area contributed by atoms with Crippen LogP contribution in [-0.4, -0.2) is 70.8 Å². The third kappa shape index (κ3) is 9.95. The highest BCUT2D eigenvalue weighted by Crippen LogP contribution is 2.30. The first kappa shape index (κ1) is 31.2. The van der Waals surface area contributed by atoms with Crippen molar-refractivity contribution < 1.29 is 24.2 Å². The molecule has 3 aromatic rings. The number of aryl methyl sites for hydroxylation is 2. The van der Waals surface area contributed by atoms with Gasteiger partial charge in [0.15, 0.2) is 0 Å². The maximum absolute atomic E-state index is 12.9. The number of anilines is 3. The van der Waals surface area contributed by atoms with Crippen LogP contribution in [0, 0.1) is 6.92 Å². The number of aliphatic carboxylic acids is 1. The molecule has 0 aliphatic heterocycles. The molecule has 0 unspecified atom stereocenters. The van der Waals surface area contributed by atoms with Gasteiger partial charge in [-0.3, -0.25) is 9.59 Å². The molecule has 0 radical (unpaired) electrons. The quantitative estimate of drug-likeness (QED) is 0.227. The van der Waals surface area contributed by atoms with Crippen molar-refractivity contribution in [1.82, 2.24) is 14.5 Å². The summed E-state index contributed by atoms with van der Waals surface area (Å²) in [6, 6.07) is 12.3. The molecule has 3 N–H and O–H groups in total. The van der Waals surface area contributed by atoms with E-state index >= 15 is 0 Å². The van der Waals surface area contributed by atoms with Gasteiger partial charge in [-0.25, -0.2) is 9.78 Å². The number of carboxylic acid groups (broad SMARTS) is 1. The highest BCUT2D eigenvalue weighted by molar-refractivity contribution is 6.01. The van der Waals surface area contributed by atoms with Crippen molar-refractivity contribution >= 4 is 35.0 Å². The van der Waals surface area contributed by atoms with E-state index in [0.29, 0.717) is 55.3 Å². The monoisotopic (exact) mass is 564 g/mol. The number of hydrogen-bond donors (Lipinski definition) is 3. The van der Waals surface area contributed by atoms with Crippen LogP contribution in [0.2, 0.25) is 0 Å². The van der Waals surface area contributed by atoms with Gasteiger partial charge in [-0.15, -0.1) is 0 Å². The van der Waals surface area contributed by atoms with Crippen molar-refractivity contribution in [2.24, 2.45) is 0 Å². The van der Waals surface area contributed by atoms with Gasteiger partial charge in [-0.2, -0.15) is 0 Å². The molecule has 11 heteroatoms. The lowest BCUT2D eigenvalue weighted by Crippen LogP contribution is -2.35. The minimum atomic E-state index is -0.833. The Bertz CT molecular complexity index is 1280. The summed E-state index contributed by atoms with van der Waals surface area (Å²) in [7, 11) is 1.51. The van der Waals surface area contributed by atoms with E-state index in [1.807, 2.05) is 48.9 Å². The number of nitrogens with zero attached hydrogens (tertiary/aromatic N) is 4. The number of hydrogen-bond acceptors (Lipinski definition) is 6. The van der Waals surface area contributed by atoms with Crippen LogP contribution in [0.25, 0.3) is 0 Å². The van der Waals surface area contributed by atoms with E-state index in [9.17, 15) is 19.5 Å². The maximum atomic E-state index is 12.9. The molecular formula is C30H40N6O5. The minimum absolute atomic E-state index is 0.0396. The predicted octanol–water partition coefficient (Wildman–Crippen LogP) is 4.84. The number of carbonyl (C=O) groups excluding carboxylic acids is 2. The number of rotatable bonds is 16. The lowest BCUT2D eigenvalue weighted by atomic mass is 10.2. The van der Waals surface area contributed by atoms with E-state index in [4.69, 9.17) is 4.74 Å². The summed E-state index contributed by atoms with van der Waals surface area (Å²) in [5.74, 6) is -0.443. The van der Waals surface area contributed by atoms with Crippen LogP contribution in [0.3, 0.4) is 0 Å². The molecule has 0 saturated carbocycles. The van der Waals surface area contributed by atoms with Crippen LogP contribution < -0.4 is 20.3 Å². The summed E-state index contributed by atoms with van der Waals surface area (Å²) < 4.78 is 7.54. The normalized spacial score (nSPS) is 10.8. The summed E-state index contributed by atoms with van der Waals surface area (Å²) in [6.45, 7) is 6.83. The fourth-order valence-electron chi connectivity index (χ4n) is 4.47. The molecule has 41 heavy (non-hydrogen) atoms. The zero-order valence-electron chi connectivity index (χ0n) is 24.0. The van der Waals surface area contributed by atoms with Crippen molar-refractivity contribution in [3.05, 3.63) is 66.7 Å². The SMILES string of the molecule is CCC(=O)N(CCCN(CCCn1ccnc1)CCC(=O)O)c1ccc(NC(=O)Nc2ccccc2C)c(OC)c1. The first-order valence-electron chi connectivity index (χ1n) is 13.8. The molecule has 0 fully saturated rings. The first-order valence-corrected chi connectivity index (χ1v) is 13.8. The van der Waals surface area contributed by atoms with Gasteiger partial charge in [-0.05, 0) is 56.6 Å². The van der Waals surface area contributed by atoms with Crippen LogP contribution in [0.5, 0.6) is 5.75 Å². The van der Waals surface area contributed by atoms with Gasteiger partial charge < -0.3 is 34.8 Å². The third-order valence-electron chi connectivity index (χ3n) is 6.69. The number of carboxylic acids is 1. The van der Waals surface area contributed by atoms with Gasteiger partial charge >= 0.3 is 12.0 Å². The summed E-state index contributed by atoms with van der Waals surface area (Å²) in [6.07, 6.45) is 7.32. The minimum Gasteiger partial charge on any atom is -0.494 e. The Morgan fingerprint density at radius 3 is 2.44 bits per heavy atom. The molecule has 220 valence electrons. The maximum Gasteiger partial charge on any atom is 0.323 e. The predicted molar refractivity (Wildman–Crippen MR) is 160 cm³/mol. The number of para-hydroxylation sites is 1. The molecule has 1 aromatic heterocycles. The molecule has 0 aliphatic rings. The van der Waals surface area contributed by atoms with Crippen LogP contribution in [0.15, 0.2) is 61.2 Å². The summed E-state index contributed by atoms with van der Waals surface area (Å²) in [5.41, 5.74) is 2.79. The molecule has 0 spiro atoms. The standard InChI is InChI=1S/C30H40N6O5/c1-4-28(37)36(18-8-16-34(19-13-29(38)39)15-7-17-35-20-14-31-22-35)24-11-12-26(27(21-24)41-3)33-30(40)32-25-10-6-5-9-23(25)2/h5-6,9-12,14,20-22H,4,7-8,13,15-19H2,1-3H3,(H,38,39)(H2,32,33,40). The van der Waals surface area contributed by atoms with Gasteiger partial charge in [0.2, 0.25) is 5.91 Å². The Kier molecular flexibility index (Phi) is 12.2. The highest BCUT2D eigenvalue weighted by atomic mass is 16.5. The molecule has 0 bridgehead atoms. The van der Waals surface area contributed by atoms with Gasteiger partial charge in [0.25, 0.3) is 0 Å². The fraction of sp³-hybridized carbons (Fsp3) is 0.400. The summed E-state index contributed by atoms with van der Waals surface area (Å²) in [5, 5.41) is 14.8. The van der Waals surface area contributed by atoms with Crippen LogP contribution >= 0.6 is 0 Å². The summed E-state index contributed by atoms with van der Waals surface area (Å²) in [4.78, 5) is 44.6.